The zero-order valence-corrected chi connectivity index (χ0v) is 15.0. The van der Waals surface area contributed by atoms with Crippen LogP contribution in [0.25, 0.3) is 0 Å². The summed E-state index contributed by atoms with van der Waals surface area (Å²) >= 11 is 0. The lowest BCUT2D eigenvalue weighted by Crippen LogP contribution is -2.43. The molecule has 0 radical (unpaired) electrons. The number of halogens is 1. The standard InChI is InChI=1S/C20H28FNO3/c1-2-19(16-3-5-17(21)6-4-16)20(23)22-10-7-18(8-11-22)25-14-15-9-12-24-13-15/h3-6,15,18-19H,2,7-14H2,1H3/t15-,19-/m1/s1. The van der Waals surface area contributed by atoms with Gasteiger partial charge < -0.3 is 14.4 Å². The van der Waals surface area contributed by atoms with E-state index in [9.17, 15) is 9.18 Å². The number of hydrogen-bond acceptors (Lipinski definition) is 3. The first kappa shape index (κ1) is 18.3. The number of amides is 1. The lowest BCUT2D eigenvalue weighted by molar-refractivity contribution is -0.135. The Bertz CT molecular complexity index is 549. The fourth-order valence-corrected chi connectivity index (χ4v) is 3.70. The van der Waals surface area contributed by atoms with Crippen LogP contribution in [0, 0.1) is 11.7 Å². The van der Waals surface area contributed by atoms with Crippen molar-refractivity contribution in [1.82, 2.24) is 4.90 Å². The highest BCUT2D eigenvalue weighted by Gasteiger charge is 2.29. The Morgan fingerprint density at radius 2 is 2.00 bits per heavy atom. The van der Waals surface area contributed by atoms with Crippen molar-refractivity contribution in [3.8, 4) is 0 Å². The molecule has 4 nitrogen and oxygen atoms in total. The molecule has 2 heterocycles. The number of ether oxygens (including phenoxy) is 2. The van der Waals surface area contributed by atoms with Gasteiger partial charge in [-0.05, 0) is 43.4 Å². The van der Waals surface area contributed by atoms with E-state index in [0.717, 1.165) is 64.2 Å². The molecular weight excluding hydrogens is 321 g/mol. The molecule has 3 rings (SSSR count). The van der Waals surface area contributed by atoms with Crippen LogP contribution in [0.5, 0.6) is 0 Å². The number of carbonyl (C=O) groups excluding carboxylic acids is 1. The molecule has 2 aliphatic heterocycles. The number of carbonyl (C=O) groups is 1. The number of rotatable bonds is 6. The molecule has 5 heteroatoms. The van der Waals surface area contributed by atoms with Crippen LogP contribution >= 0.6 is 0 Å². The summed E-state index contributed by atoms with van der Waals surface area (Å²) in [5.41, 5.74) is 0.897. The molecule has 1 aromatic rings. The molecule has 0 bridgehead atoms. The number of likely N-dealkylation sites (tertiary alicyclic amines) is 1. The third-order valence-electron chi connectivity index (χ3n) is 5.32. The highest BCUT2D eigenvalue weighted by molar-refractivity contribution is 5.83. The van der Waals surface area contributed by atoms with E-state index in [1.807, 2.05) is 11.8 Å². The first-order valence-corrected chi connectivity index (χ1v) is 9.41. The van der Waals surface area contributed by atoms with E-state index in [2.05, 4.69) is 0 Å². The largest absolute Gasteiger partial charge is 0.381 e. The van der Waals surface area contributed by atoms with Gasteiger partial charge in [0, 0.05) is 25.6 Å². The van der Waals surface area contributed by atoms with Gasteiger partial charge in [-0.2, -0.15) is 0 Å². The molecule has 2 aliphatic rings. The molecule has 0 aromatic heterocycles. The Labute approximate surface area is 149 Å². The number of piperidine rings is 1. The molecule has 138 valence electrons. The van der Waals surface area contributed by atoms with Crippen molar-refractivity contribution in [1.29, 1.82) is 0 Å². The molecular formula is C20H28FNO3. The maximum Gasteiger partial charge on any atom is 0.230 e. The van der Waals surface area contributed by atoms with Crippen LogP contribution in [0.15, 0.2) is 24.3 Å². The predicted octanol–water partition coefficient (Wildman–Crippen LogP) is 3.36. The van der Waals surface area contributed by atoms with Crippen LogP contribution in [-0.2, 0) is 14.3 Å². The Morgan fingerprint density at radius 3 is 2.60 bits per heavy atom. The summed E-state index contributed by atoms with van der Waals surface area (Å²) in [7, 11) is 0. The van der Waals surface area contributed by atoms with Crippen molar-refractivity contribution in [2.45, 2.75) is 44.6 Å². The second-order valence-electron chi connectivity index (χ2n) is 7.10. The van der Waals surface area contributed by atoms with Crippen LogP contribution in [0.3, 0.4) is 0 Å². The number of benzene rings is 1. The van der Waals surface area contributed by atoms with Gasteiger partial charge in [0.2, 0.25) is 5.91 Å². The van der Waals surface area contributed by atoms with Gasteiger partial charge in [-0.3, -0.25) is 4.79 Å². The average molecular weight is 349 g/mol. The summed E-state index contributed by atoms with van der Waals surface area (Å²) < 4.78 is 24.5. The Balaban J connectivity index is 1.48. The van der Waals surface area contributed by atoms with Gasteiger partial charge in [0.05, 0.1) is 25.2 Å². The normalized spacial score (nSPS) is 23.0. The van der Waals surface area contributed by atoms with E-state index in [1.54, 1.807) is 12.1 Å². The maximum atomic E-state index is 13.1. The van der Waals surface area contributed by atoms with E-state index in [0.29, 0.717) is 5.92 Å². The van der Waals surface area contributed by atoms with E-state index in [-0.39, 0.29) is 23.7 Å². The summed E-state index contributed by atoms with van der Waals surface area (Å²) in [6, 6.07) is 6.30. The summed E-state index contributed by atoms with van der Waals surface area (Å²) in [4.78, 5) is 14.8. The predicted molar refractivity (Wildman–Crippen MR) is 93.9 cm³/mol. The minimum absolute atomic E-state index is 0.150. The third-order valence-corrected chi connectivity index (χ3v) is 5.32. The van der Waals surface area contributed by atoms with Crippen molar-refractivity contribution in [2.75, 3.05) is 32.9 Å². The first-order valence-electron chi connectivity index (χ1n) is 9.41. The smallest absolute Gasteiger partial charge is 0.230 e. The molecule has 2 atom stereocenters. The fourth-order valence-electron chi connectivity index (χ4n) is 3.70. The van der Waals surface area contributed by atoms with Crippen molar-refractivity contribution in [3.05, 3.63) is 35.6 Å². The minimum atomic E-state index is -0.267. The van der Waals surface area contributed by atoms with Crippen LogP contribution in [0.2, 0.25) is 0 Å². The monoisotopic (exact) mass is 349 g/mol. The Hall–Kier alpha value is -1.46. The lowest BCUT2D eigenvalue weighted by atomic mass is 9.94. The van der Waals surface area contributed by atoms with Gasteiger partial charge in [-0.25, -0.2) is 4.39 Å². The molecule has 2 fully saturated rings. The second kappa shape index (κ2) is 8.77. The lowest BCUT2D eigenvalue weighted by Gasteiger charge is -2.34. The second-order valence-corrected chi connectivity index (χ2v) is 7.10. The molecule has 0 N–H and O–H groups in total. The first-order chi connectivity index (χ1) is 12.2. The highest BCUT2D eigenvalue weighted by atomic mass is 19.1. The highest BCUT2D eigenvalue weighted by Crippen LogP contribution is 2.25. The quantitative estimate of drug-likeness (QED) is 0.790. The van der Waals surface area contributed by atoms with Gasteiger partial charge in [-0.15, -0.1) is 0 Å². The van der Waals surface area contributed by atoms with E-state index < -0.39 is 0 Å². The average Bonchev–Trinajstić information content (AvgIpc) is 3.16. The van der Waals surface area contributed by atoms with Gasteiger partial charge in [-0.1, -0.05) is 19.1 Å². The van der Waals surface area contributed by atoms with Crippen molar-refractivity contribution < 1.29 is 18.7 Å². The topological polar surface area (TPSA) is 38.8 Å². The molecule has 0 aliphatic carbocycles. The van der Waals surface area contributed by atoms with E-state index >= 15 is 0 Å². The summed E-state index contributed by atoms with van der Waals surface area (Å²) in [5.74, 6) is 0.227. The van der Waals surface area contributed by atoms with Crippen LogP contribution in [0.4, 0.5) is 4.39 Å². The molecule has 25 heavy (non-hydrogen) atoms. The molecule has 1 amide bonds. The van der Waals surface area contributed by atoms with Crippen LogP contribution < -0.4 is 0 Å². The minimum Gasteiger partial charge on any atom is -0.381 e. The third kappa shape index (κ3) is 4.79. The van der Waals surface area contributed by atoms with Gasteiger partial charge >= 0.3 is 0 Å². The Morgan fingerprint density at radius 1 is 1.28 bits per heavy atom. The van der Waals surface area contributed by atoms with Crippen molar-refractivity contribution in [2.24, 2.45) is 5.92 Å². The zero-order chi connectivity index (χ0) is 17.6. The van der Waals surface area contributed by atoms with E-state index in [1.165, 1.54) is 12.1 Å². The van der Waals surface area contributed by atoms with Crippen LogP contribution in [0.1, 0.15) is 44.1 Å². The Kier molecular flexibility index (Phi) is 6.43. The fraction of sp³-hybridized carbons (Fsp3) is 0.650. The molecule has 1 aromatic carbocycles. The molecule has 2 saturated heterocycles. The van der Waals surface area contributed by atoms with Gasteiger partial charge in [0.25, 0.3) is 0 Å². The van der Waals surface area contributed by atoms with Crippen molar-refractivity contribution >= 4 is 5.91 Å². The van der Waals surface area contributed by atoms with Gasteiger partial charge in [0.15, 0.2) is 0 Å². The maximum absolute atomic E-state index is 13.1. The van der Waals surface area contributed by atoms with Crippen molar-refractivity contribution in [3.63, 3.8) is 0 Å². The molecule has 0 saturated carbocycles. The number of nitrogens with zero attached hydrogens (tertiary/aromatic N) is 1. The molecule has 0 unspecified atom stereocenters. The molecule has 0 spiro atoms. The zero-order valence-electron chi connectivity index (χ0n) is 15.0. The summed E-state index contributed by atoms with van der Waals surface area (Å²) in [6.07, 6.45) is 3.84. The summed E-state index contributed by atoms with van der Waals surface area (Å²) in [5, 5.41) is 0. The number of hydrogen-bond donors (Lipinski definition) is 0. The SMILES string of the molecule is CC[C@@H](C(=O)N1CCC(OC[C@@H]2CCOC2)CC1)c1ccc(F)cc1. The summed E-state index contributed by atoms with van der Waals surface area (Å²) in [6.45, 7) is 5.91. The van der Waals surface area contributed by atoms with Gasteiger partial charge in [0.1, 0.15) is 5.82 Å². The van der Waals surface area contributed by atoms with E-state index in [4.69, 9.17) is 9.47 Å². The van der Waals surface area contributed by atoms with Crippen LogP contribution in [-0.4, -0.2) is 49.8 Å².